The van der Waals surface area contributed by atoms with Crippen LogP contribution in [0.5, 0.6) is 0 Å². The summed E-state index contributed by atoms with van der Waals surface area (Å²) < 4.78 is 26.7. The highest BCUT2D eigenvalue weighted by Crippen LogP contribution is 2.19. The highest BCUT2D eigenvalue weighted by Gasteiger charge is 2.26. The van der Waals surface area contributed by atoms with Crippen molar-refractivity contribution in [3.05, 3.63) is 64.6 Å². The largest absolute Gasteiger partial charge is 0.357 e. The van der Waals surface area contributed by atoms with Crippen LogP contribution in [0.1, 0.15) is 25.3 Å². The van der Waals surface area contributed by atoms with E-state index in [0.717, 1.165) is 16.3 Å². The Morgan fingerprint density at radius 3 is 2.23 bits per heavy atom. The van der Waals surface area contributed by atoms with Gasteiger partial charge in [-0.3, -0.25) is 13.9 Å². The molecule has 0 aliphatic heterocycles. The predicted octanol–water partition coefficient (Wildman–Crippen LogP) is 3.16. The molecule has 0 spiro atoms. The molecule has 0 aliphatic rings. The predicted molar refractivity (Wildman–Crippen MR) is 126 cm³/mol. The number of nitrogens with one attached hydrogen (secondary N) is 1. The molecule has 1 atom stereocenters. The zero-order chi connectivity index (χ0) is 23.0. The highest BCUT2D eigenvalue weighted by atomic mass is 79.9. The number of halogens is 1. The Balaban J connectivity index is 2.11. The van der Waals surface area contributed by atoms with Gasteiger partial charge in [-0.25, -0.2) is 8.42 Å². The summed E-state index contributed by atoms with van der Waals surface area (Å²) in [4.78, 5) is 26.7. The molecule has 0 fully saturated rings. The molecular formula is C22H28BrN3O4S. The van der Waals surface area contributed by atoms with E-state index in [9.17, 15) is 18.0 Å². The second-order valence-corrected chi connectivity index (χ2v) is 10.0. The molecule has 2 amide bonds. The second kappa shape index (κ2) is 11.3. The van der Waals surface area contributed by atoms with Gasteiger partial charge in [0.15, 0.2) is 0 Å². The Hall–Kier alpha value is -2.39. The molecule has 0 radical (unpaired) electrons. The lowest BCUT2D eigenvalue weighted by atomic mass is 10.1. The normalized spacial score (nSPS) is 12.1. The Morgan fingerprint density at radius 1 is 1.06 bits per heavy atom. The summed E-state index contributed by atoms with van der Waals surface area (Å²) in [5.74, 6) is -0.465. The van der Waals surface area contributed by atoms with Crippen molar-refractivity contribution >= 4 is 43.5 Å². The van der Waals surface area contributed by atoms with Crippen LogP contribution in [-0.2, 0) is 26.2 Å². The lowest BCUT2D eigenvalue weighted by molar-refractivity contribution is -0.140. The first-order chi connectivity index (χ1) is 14.6. The molecule has 9 heteroatoms. The maximum absolute atomic E-state index is 13.0. The number of hydrogen-bond donors (Lipinski definition) is 1. The molecule has 7 nitrogen and oxygen atoms in total. The van der Waals surface area contributed by atoms with Gasteiger partial charge in [0.1, 0.15) is 6.04 Å². The molecule has 0 saturated carbocycles. The van der Waals surface area contributed by atoms with E-state index in [1.165, 1.54) is 16.3 Å². The van der Waals surface area contributed by atoms with Crippen molar-refractivity contribution in [2.24, 2.45) is 0 Å². The first-order valence-corrected chi connectivity index (χ1v) is 12.6. The molecule has 2 aromatic carbocycles. The Labute approximate surface area is 192 Å². The number of rotatable bonds is 10. The van der Waals surface area contributed by atoms with E-state index in [0.29, 0.717) is 12.1 Å². The molecule has 2 aromatic rings. The number of likely N-dealkylation sites (N-methyl/N-ethyl adjacent to an activating group) is 1. The minimum atomic E-state index is -3.48. The van der Waals surface area contributed by atoms with Crippen molar-refractivity contribution in [3.8, 4) is 0 Å². The average Bonchev–Trinajstić information content (AvgIpc) is 2.74. The van der Waals surface area contributed by atoms with Crippen LogP contribution < -0.4 is 9.62 Å². The minimum Gasteiger partial charge on any atom is -0.357 e. The van der Waals surface area contributed by atoms with E-state index >= 15 is 0 Å². The van der Waals surface area contributed by atoms with E-state index in [1.807, 2.05) is 30.3 Å². The fraction of sp³-hybridized carbons (Fsp3) is 0.364. The van der Waals surface area contributed by atoms with Gasteiger partial charge in [0.25, 0.3) is 0 Å². The van der Waals surface area contributed by atoms with Gasteiger partial charge in [0.05, 0.1) is 11.9 Å². The molecule has 168 valence electrons. The van der Waals surface area contributed by atoms with Gasteiger partial charge < -0.3 is 10.2 Å². The van der Waals surface area contributed by atoms with Crippen molar-refractivity contribution in [1.29, 1.82) is 0 Å². The molecular weight excluding hydrogens is 482 g/mol. The standard InChI is InChI=1S/C22H28BrN3O4S/c1-17(22(28)24-2)25(16-18-11-13-19(23)14-12-18)21(27)10-7-15-26(31(3,29)30)20-8-5-4-6-9-20/h4-6,8-9,11-14,17H,7,10,15-16H2,1-3H3,(H,24,28)/t17-/m1/s1. The van der Waals surface area contributed by atoms with E-state index < -0.39 is 16.1 Å². The average molecular weight is 510 g/mol. The third-order valence-corrected chi connectivity index (χ3v) is 6.60. The van der Waals surface area contributed by atoms with Crippen LogP contribution in [0.2, 0.25) is 0 Å². The van der Waals surface area contributed by atoms with Gasteiger partial charge in [0, 0.05) is 31.0 Å². The highest BCUT2D eigenvalue weighted by molar-refractivity contribution is 9.10. The second-order valence-electron chi connectivity index (χ2n) is 7.21. The van der Waals surface area contributed by atoms with E-state index in [1.54, 1.807) is 31.2 Å². The van der Waals surface area contributed by atoms with Crippen molar-refractivity contribution in [2.75, 3.05) is 24.2 Å². The molecule has 31 heavy (non-hydrogen) atoms. The molecule has 0 bridgehead atoms. The lowest BCUT2D eigenvalue weighted by Gasteiger charge is -2.29. The molecule has 0 aliphatic carbocycles. The molecule has 0 unspecified atom stereocenters. The van der Waals surface area contributed by atoms with Crippen molar-refractivity contribution in [3.63, 3.8) is 0 Å². The Kier molecular flexibility index (Phi) is 9.06. The number of nitrogens with zero attached hydrogens (tertiary/aromatic N) is 2. The summed E-state index contributed by atoms with van der Waals surface area (Å²) in [5.41, 5.74) is 1.46. The number of benzene rings is 2. The number of anilines is 1. The summed E-state index contributed by atoms with van der Waals surface area (Å²) in [5, 5.41) is 2.58. The van der Waals surface area contributed by atoms with E-state index in [-0.39, 0.29) is 31.3 Å². The van der Waals surface area contributed by atoms with Gasteiger partial charge >= 0.3 is 0 Å². The van der Waals surface area contributed by atoms with Crippen LogP contribution in [0.4, 0.5) is 5.69 Å². The maximum atomic E-state index is 13.0. The maximum Gasteiger partial charge on any atom is 0.242 e. The van der Waals surface area contributed by atoms with Crippen LogP contribution in [0.3, 0.4) is 0 Å². The van der Waals surface area contributed by atoms with Crippen molar-refractivity contribution in [1.82, 2.24) is 10.2 Å². The monoisotopic (exact) mass is 509 g/mol. The van der Waals surface area contributed by atoms with Gasteiger partial charge in [0.2, 0.25) is 21.8 Å². The third-order valence-electron chi connectivity index (χ3n) is 4.88. The fourth-order valence-electron chi connectivity index (χ4n) is 3.18. The summed E-state index contributed by atoms with van der Waals surface area (Å²) in [6.07, 6.45) is 1.60. The first-order valence-electron chi connectivity index (χ1n) is 9.91. The molecule has 2 rings (SSSR count). The third kappa shape index (κ3) is 7.36. The number of para-hydroxylation sites is 1. The van der Waals surface area contributed by atoms with Gasteiger partial charge in [-0.2, -0.15) is 0 Å². The molecule has 1 N–H and O–H groups in total. The summed E-state index contributed by atoms with van der Waals surface area (Å²) in [7, 11) is -1.95. The van der Waals surface area contributed by atoms with E-state index in [2.05, 4.69) is 21.2 Å². The summed E-state index contributed by atoms with van der Waals surface area (Å²) in [6, 6.07) is 15.7. The fourth-order valence-corrected chi connectivity index (χ4v) is 4.41. The smallest absolute Gasteiger partial charge is 0.242 e. The van der Waals surface area contributed by atoms with Crippen LogP contribution in [0.25, 0.3) is 0 Å². The SMILES string of the molecule is CNC(=O)[C@@H](C)N(Cc1ccc(Br)cc1)C(=O)CCCN(c1ccccc1)S(C)(=O)=O. The van der Waals surface area contributed by atoms with Crippen molar-refractivity contribution < 1.29 is 18.0 Å². The van der Waals surface area contributed by atoms with Gasteiger partial charge in [-0.15, -0.1) is 0 Å². The number of carbonyl (C=O) groups is 2. The summed E-state index contributed by atoms with van der Waals surface area (Å²) in [6.45, 7) is 2.15. The topological polar surface area (TPSA) is 86.8 Å². The van der Waals surface area contributed by atoms with Crippen LogP contribution in [0, 0.1) is 0 Å². The number of amides is 2. The number of sulfonamides is 1. The molecule has 0 saturated heterocycles. The number of carbonyl (C=O) groups excluding carboxylic acids is 2. The van der Waals surface area contributed by atoms with E-state index in [4.69, 9.17) is 0 Å². The number of hydrogen-bond acceptors (Lipinski definition) is 4. The first kappa shape index (κ1) is 24.9. The Bertz CT molecular complexity index is 982. The Morgan fingerprint density at radius 2 is 1.68 bits per heavy atom. The van der Waals surface area contributed by atoms with Crippen LogP contribution in [0.15, 0.2) is 59.1 Å². The minimum absolute atomic E-state index is 0.122. The zero-order valence-corrected chi connectivity index (χ0v) is 20.3. The lowest BCUT2D eigenvalue weighted by Crippen LogP contribution is -2.46. The molecule has 0 aromatic heterocycles. The van der Waals surface area contributed by atoms with Crippen molar-refractivity contribution in [2.45, 2.75) is 32.4 Å². The van der Waals surface area contributed by atoms with Gasteiger partial charge in [-0.1, -0.05) is 46.3 Å². The molecule has 0 heterocycles. The zero-order valence-electron chi connectivity index (χ0n) is 17.9. The van der Waals surface area contributed by atoms with Crippen LogP contribution >= 0.6 is 15.9 Å². The van der Waals surface area contributed by atoms with Gasteiger partial charge in [-0.05, 0) is 43.2 Å². The summed E-state index contributed by atoms with van der Waals surface area (Å²) >= 11 is 3.39. The van der Waals surface area contributed by atoms with Crippen LogP contribution in [-0.4, -0.2) is 51.0 Å². The quantitative estimate of drug-likeness (QED) is 0.532.